The number of furan rings is 1. The minimum Gasteiger partial charge on any atom is -0.469 e. The number of carbonyl (C=O) groups excluding carboxylic acids is 1. The third-order valence-corrected chi connectivity index (χ3v) is 6.36. The van der Waals surface area contributed by atoms with Crippen LogP contribution in [0.25, 0.3) is 0 Å². The molecule has 2 amide bonds. The first-order chi connectivity index (χ1) is 14.1. The first-order valence-corrected chi connectivity index (χ1v) is 10.5. The van der Waals surface area contributed by atoms with Crippen LogP contribution < -0.4 is 10.1 Å². The van der Waals surface area contributed by atoms with E-state index < -0.39 is 22.1 Å². The maximum Gasteiger partial charge on any atom is 0.573 e. The van der Waals surface area contributed by atoms with E-state index in [1.165, 1.54) is 9.21 Å². The molecule has 0 saturated carbocycles. The normalized spacial score (nSPS) is 15.8. The molecule has 2 aromatic rings. The summed E-state index contributed by atoms with van der Waals surface area (Å²) in [5.74, 6) is 0.246. The van der Waals surface area contributed by atoms with Gasteiger partial charge in [0.15, 0.2) is 0 Å². The summed E-state index contributed by atoms with van der Waals surface area (Å²) in [5.41, 5.74) is 0. The van der Waals surface area contributed by atoms with Crippen LogP contribution in [0.2, 0.25) is 0 Å². The number of sulfonamides is 1. The molecule has 164 valence electrons. The molecule has 30 heavy (non-hydrogen) atoms. The van der Waals surface area contributed by atoms with Crippen LogP contribution in [0.15, 0.2) is 52.0 Å². The van der Waals surface area contributed by atoms with Gasteiger partial charge in [0.1, 0.15) is 11.5 Å². The lowest BCUT2D eigenvalue weighted by molar-refractivity contribution is -0.274. The Kier molecular flexibility index (Phi) is 6.56. The lowest BCUT2D eigenvalue weighted by Crippen LogP contribution is -2.53. The highest BCUT2D eigenvalue weighted by Gasteiger charge is 2.32. The van der Waals surface area contributed by atoms with Gasteiger partial charge in [-0.25, -0.2) is 13.2 Å². The maximum absolute atomic E-state index is 12.7. The predicted molar refractivity (Wildman–Crippen MR) is 99.3 cm³/mol. The van der Waals surface area contributed by atoms with Crippen LogP contribution in [0.1, 0.15) is 5.76 Å². The van der Waals surface area contributed by atoms with E-state index in [0.717, 1.165) is 30.0 Å². The maximum atomic E-state index is 12.7. The summed E-state index contributed by atoms with van der Waals surface area (Å²) in [6.45, 7) is 0.933. The molecule has 0 atom stereocenters. The molecule has 1 aromatic heterocycles. The molecular weight excluding hydrogens is 427 g/mol. The smallest absolute Gasteiger partial charge is 0.469 e. The van der Waals surface area contributed by atoms with Crippen LogP contribution in [-0.4, -0.2) is 62.7 Å². The zero-order valence-corrected chi connectivity index (χ0v) is 16.6. The largest absolute Gasteiger partial charge is 0.573 e. The van der Waals surface area contributed by atoms with Crippen LogP contribution >= 0.6 is 0 Å². The number of nitrogens with one attached hydrogen (secondary N) is 1. The number of urea groups is 1. The molecule has 1 aromatic carbocycles. The van der Waals surface area contributed by atoms with E-state index in [1.807, 2.05) is 0 Å². The van der Waals surface area contributed by atoms with E-state index in [9.17, 15) is 26.4 Å². The van der Waals surface area contributed by atoms with Crippen LogP contribution in [0.5, 0.6) is 5.75 Å². The Morgan fingerprint density at radius 3 is 2.33 bits per heavy atom. The van der Waals surface area contributed by atoms with Crippen molar-refractivity contribution in [3.63, 3.8) is 0 Å². The van der Waals surface area contributed by atoms with Gasteiger partial charge in [-0.2, -0.15) is 4.31 Å². The van der Waals surface area contributed by atoms with Gasteiger partial charge in [-0.05, 0) is 36.4 Å². The fraction of sp³-hybridized carbons (Fsp3) is 0.389. The quantitative estimate of drug-likeness (QED) is 0.735. The molecular formula is C18H20F3N3O5S. The summed E-state index contributed by atoms with van der Waals surface area (Å²) in [7, 11) is -3.89. The van der Waals surface area contributed by atoms with Gasteiger partial charge in [0, 0.05) is 39.1 Å². The first kappa shape index (κ1) is 22.0. The first-order valence-electron chi connectivity index (χ1n) is 9.06. The van der Waals surface area contributed by atoms with Crippen LogP contribution in [-0.2, 0) is 16.4 Å². The number of benzene rings is 1. The van der Waals surface area contributed by atoms with Crippen molar-refractivity contribution >= 4 is 16.1 Å². The Bertz CT molecular complexity index is 938. The lowest BCUT2D eigenvalue weighted by atomic mass is 10.3. The van der Waals surface area contributed by atoms with E-state index >= 15 is 0 Å². The van der Waals surface area contributed by atoms with Gasteiger partial charge in [-0.3, -0.25) is 0 Å². The molecule has 1 N–H and O–H groups in total. The average molecular weight is 447 g/mol. The zero-order chi connectivity index (χ0) is 21.8. The van der Waals surface area contributed by atoms with Crippen molar-refractivity contribution in [3.05, 3.63) is 48.4 Å². The van der Waals surface area contributed by atoms with E-state index in [2.05, 4.69) is 10.1 Å². The fourth-order valence-corrected chi connectivity index (χ4v) is 4.38. The second kappa shape index (κ2) is 8.96. The highest BCUT2D eigenvalue weighted by molar-refractivity contribution is 7.89. The zero-order valence-electron chi connectivity index (χ0n) is 15.8. The van der Waals surface area contributed by atoms with Crippen molar-refractivity contribution in [2.24, 2.45) is 0 Å². The van der Waals surface area contributed by atoms with Crippen molar-refractivity contribution in [3.8, 4) is 5.75 Å². The summed E-state index contributed by atoms with van der Waals surface area (Å²) >= 11 is 0. The van der Waals surface area contributed by atoms with Crippen molar-refractivity contribution in [2.75, 3.05) is 32.7 Å². The number of rotatable bonds is 6. The van der Waals surface area contributed by atoms with E-state index in [0.29, 0.717) is 13.0 Å². The van der Waals surface area contributed by atoms with Crippen LogP contribution in [0.4, 0.5) is 18.0 Å². The van der Waals surface area contributed by atoms with Gasteiger partial charge in [0.25, 0.3) is 0 Å². The molecule has 1 aliphatic rings. The highest BCUT2D eigenvalue weighted by Crippen LogP contribution is 2.25. The molecule has 12 heteroatoms. The second-order valence-corrected chi connectivity index (χ2v) is 8.41. The Labute approximate surface area is 171 Å². The molecule has 2 heterocycles. The Balaban J connectivity index is 1.51. The number of hydrogen-bond acceptors (Lipinski definition) is 5. The van der Waals surface area contributed by atoms with Gasteiger partial charge in [0.2, 0.25) is 10.0 Å². The van der Waals surface area contributed by atoms with Crippen molar-refractivity contribution in [1.82, 2.24) is 14.5 Å². The third kappa shape index (κ3) is 5.66. The molecule has 0 unspecified atom stereocenters. The van der Waals surface area contributed by atoms with Crippen LogP contribution in [0.3, 0.4) is 0 Å². The molecule has 0 bridgehead atoms. The van der Waals surface area contributed by atoms with Crippen molar-refractivity contribution in [2.45, 2.75) is 17.7 Å². The number of ether oxygens (including phenoxy) is 1. The SMILES string of the molecule is O=C(NCCc1ccco1)N1CCN(S(=O)(=O)c2ccc(OC(F)(F)F)cc2)CC1. The Morgan fingerprint density at radius 1 is 1.10 bits per heavy atom. The molecule has 1 aliphatic heterocycles. The number of nitrogens with zero attached hydrogens (tertiary/aromatic N) is 2. The highest BCUT2D eigenvalue weighted by atomic mass is 32.2. The summed E-state index contributed by atoms with van der Waals surface area (Å²) in [6.07, 6.45) is -2.76. The topological polar surface area (TPSA) is 92.1 Å². The molecule has 8 nitrogen and oxygen atoms in total. The molecule has 0 spiro atoms. The molecule has 0 radical (unpaired) electrons. The van der Waals surface area contributed by atoms with Gasteiger partial charge >= 0.3 is 12.4 Å². The van der Waals surface area contributed by atoms with E-state index in [1.54, 1.807) is 18.4 Å². The van der Waals surface area contributed by atoms with E-state index in [4.69, 9.17) is 4.42 Å². The number of piperazine rings is 1. The number of hydrogen-bond donors (Lipinski definition) is 1. The lowest BCUT2D eigenvalue weighted by Gasteiger charge is -2.34. The molecule has 0 aliphatic carbocycles. The Morgan fingerprint density at radius 2 is 1.77 bits per heavy atom. The summed E-state index contributed by atoms with van der Waals surface area (Å²) < 4.78 is 72.2. The monoisotopic (exact) mass is 447 g/mol. The standard InChI is InChI=1S/C18H20F3N3O5S/c19-18(20,21)29-15-3-5-16(6-4-15)30(26,27)24-11-9-23(10-12-24)17(25)22-8-7-14-2-1-13-28-14/h1-6,13H,7-12H2,(H,22,25). The number of amides is 2. The van der Waals surface area contributed by atoms with Gasteiger partial charge in [-0.1, -0.05) is 0 Å². The van der Waals surface area contributed by atoms with Gasteiger partial charge < -0.3 is 19.4 Å². The Hall–Kier alpha value is -2.73. The second-order valence-electron chi connectivity index (χ2n) is 6.47. The summed E-state index contributed by atoms with van der Waals surface area (Å²) in [4.78, 5) is 13.6. The third-order valence-electron chi connectivity index (χ3n) is 4.45. The van der Waals surface area contributed by atoms with E-state index in [-0.39, 0.29) is 37.1 Å². The summed E-state index contributed by atoms with van der Waals surface area (Å²) in [5, 5.41) is 2.75. The average Bonchev–Trinajstić information content (AvgIpc) is 3.21. The van der Waals surface area contributed by atoms with Crippen molar-refractivity contribution in [1.29, 1.82) is 0 Å². The predicted octanol–water partition coefficient (Wildman–Crippen LogP) is 2.44. The van der Waals surface area contributed by atoms with Gasteiger partial charge in [-0.15, -0.1) is 13.2 Å². The minimum atomic E-state index is -4.85. The molecule has 1 fully saturated rings. The number of carbonyl (C=O) groups is 1. The van der Waals surface area contributed by atoms with Crippen molar-refractivity contribution < 1.29 is 35.5 Å². The molecule has 3 rings (SSSR count). The number of alkyl halides is 3. The minimum absolute atomic E-state index is 0.0781. The van der Waals surface area contributed by atoms with Crippen LogP contribution in [0, 0.1) is 0 Å². The number of halogens is 3. The fourth-order valence-electron chi connectivity index (χ4n) is 2.95. The summed E-state index contributed by atoms with van der Waals surface area (Å²) in [6, 6.07) is 7.28. The van der Waals surface area contributed by atoms with Gasteiger partial charge in [0.05, 0.1) is 11.2 Å². The molecule has 1 saturated heterocycles.